The second-order valence-electron chi connectivity index (χ2n) is 4.86. The van der Waals surface area contributed by atoms with Crippen LogP contribution in [-0.2, 0) is 7.05 Å². The molecule has 0 saturated carbocycles. The fourth-order valence-electron chi connectivity index (χ4n) is 2.43. The number of halogens is 1. The molecule has 1 N–H and O–H groups in total. The molecule has 0 saturated heterocycles. The van der Waals surface area contributed by atoms with Gasteiger partial charge in [0.1, 0.15) is 5.82 Å². The predicted molar refractivity (Wildman–Crippen MR) is 86.9 cm³/mol. The minimum absolute atomic E-state index is 0.131. The van der Waals surface area contributed by atoms with Gasteiger partial charge in [0.15, 0.2) is 0 Å². The molecule has 3 rings (SSSR count). The van der Waals surface area contributed by atoms with Crippen LogP contribution < -0.4 is 5.32 Å². The zero-order valence-corrected chi connectivity index (χ0v) is 13.1. The maximum absolute atomic E-state index is 4.72. The van der Waals surface area contributed by atoms with Crippen LogP contribution in [-0.4, -0.2) is 9.55 Å². The Bertz CT molecular complexity index is 748. The highest BCUT2D eigenvalue weighted by Crippen LogP contribution is 2.27. The van der Waals surface area contributed by atoms with Crippen LogP contribution in [0.25, 0.3) is 11.0 Å². The number of nitrogens with zero attached hydrogens (tertiary/aromatic N) is 2. The second kappa shape index (κ2) is 5.29. The normalized spacial score (nSPS) is 12.6. The van der Waals surface area contributed by atoms with Crippen molar-refractivity contribution in [2.24, 2.45) is 7.05 Å². The van der Waals surface area contributed by atoms with Crippen molar-refractivity contribution in [3.8, 4) is 0 Å². The summed E-state index contributed by atoms with van der Waals surface area (Å²) in [5, 5.41) is 3.50. The zero-order chi connectivity index (χ0) is 14.1. The van der Waals surface area contributed by atoms with E-state index in [-0.39, 0.29) is 6.04 Å². The molecule has 1 heterocycles. The summed E-state index contributed by atoms with van der Waals surface area (Å²) >= 11 is 3.56. The van der Waals surface area contributed by atoms with E-state index in [1.165, 1.54) is 0 Å². The largest absolute Gasteiger partial charge is 0.374 e. The van der Waals surface area contributed by atoms with Gasteiger partial charge in [0.25, 0.3) is 0 Å². The van der Waals surface area contributed by atoms with Crippen molar-refractivity contribution in [2.45, 2.75) is 13.0 Å². The molecule has 0 radical (unpaired) electrons. The Labute approximate surface area is 126 Å². The summed E-state index contributed by atoms with van der Waals surface area (Å²) in [6.07, 6.45) is 0. The number of para-hydroxylation sites is 3. The van der Waals surface area contributed by atoms with E-state index in [0.717, 1.165) is 27.0 Å². The third kappa shape index (κ3) is 2.31. The first kappa shape index (κ1) is 13.2. The van der Waals surface area contributed by atoms with Gasteiger partial charge in [0.2, 0.25) is 0 Å². The molecule has 0 aliphatic heterocycles. The average Bonchev–Trinajstić information content (AvgIpc) is 2.79. The smallest absolute Gasteiger partial charge is 0.131 e. The van der Waals surface area contributed by atoms with Crippen molar-refractivity contribution in [3.05, 3.63) is 58.8 Å². The third-order valence-electron chi connectivity index (χ3n) is 3.45. The molecule has 3 aromatic rings. The van der Waals surface area contributed by atoms with Crippen LogP contribution in [0.3, 0.4) is 0 Å². The number of hydrogen-bond acceptors (Lipinski definition) is 2. The van der Waals surface area contributed by atoms with E-state index >= 15 is 0 Å². The number of nitrogens with one attached hydrogen (secondary N) is 1. The van der Waals surface area contributed by atoms with E-state index in [1.54, 1.807) is 0 Å². The summed E-state index contributed by atoms with van der Waals surface area (Å²) in [6.45, 7) is 2.13. The zero-order valence-electron chi connectivity index (χ0n) is 11.5. The number of fused-ring (bicyclic) bond motifs is 1. The topological polar surface area (TPSA) is 29.9 Å². The van der Waals surface area contributed by atoms with Crippen LogP contribution in [0.15, 0.2) is 53.0 Å². The van der Waals surface area contributed by atoms with E-state index < -0.39 is 0 Å². The Kier molecular flexibility index (Phi) is 3.49. The van der Waals surface area contributed by atoms with Gasteiger partial charge in [0, 0.05) is 17.2 Å². The van der Waals surface area contributed by atoms with E-state index in [9.17, 15) is 0 Å². The molecule has 20 heavy (non-hydrogen) atoms. The number of rotatable bonds is 3. The molecule has 1 aromatic heterocycles. The van der Waals surface area contributed by atoms with Crippen molar-refractivity contribution < 1.29 is 0 Å². The molecule has 3 nitrogen and oxygen atoms in total. The third-order valence-corrected chi connectivity index (χ3v) is 4.15. The van der Waals surface area contributed by atoms with Gasteiger partial charge >= 0.3 is 0 Å². The van der Waals surface area contributed by atoms with Gasteiger partial charge in [-0.2, -0.15) is 0 Å². The Morgan fingerprint density at radius 2 is 1.80 bits per heavy atom. The molecule has 0 aliphatic carbocycles. The highest BCUT2D eigenvalue weighted by Gasteiger charge is 2.14. The second-order valence-corrected chi connectivity index (χ2v) is 5.72. The van der Waals surface area contributed by atoms with Crippen molar-refractivity contribution in [2.75, 3.05) is 5.32 Å². The summed E-state index contributed by atoms with van der Waals surface area (Å²) in [6, 6.07) is 16.5. The Morgan fingerprint density at radius 3 is 2.55 bits per heavy atom. The van der Waals surface area contributed by atoms with Crippen molar-refractivity contribution in [3.63, 3.8) is 0 Å². The van der Waals surface area contributed by atoms with E-state index in [2.05, 4.69) is 51.9 Å². The van der Waals surface area contributed by atoms with Crippen molar-refractivity contribution in [1.29, 1.82) is 0 Å². The summed E-state index contributed by atoms with van der Waals surface area (Å²) < 4.78 is 3.20. The van der Waals surface area contributed by atoms with E-state index in [0.29, 0.717) is 0 Å². The lowest BCUT2D eigenvalue weighted by Gasteiger charge is -2.16. The van der Waals surface area contributed by atoms with Gasteiger partial charge < -0.3 is 9.88 Å². The summed E-state index contributed by atoms with van der Waals surface area (Å²) in [5.74, 6) is 1.03. The lowest BCUT2D eigenvalue weighted by Crippen LogP contribution is -2.12. The summed E-state index contributed by atoms with van der Waals surface area (Å²) in [7, 11) is 2.06. The highest BCUT2D eigenvalue weighted by molar-refractivity contribution is 9.10. The van der Waals surface area contributed by atoms with E-state index in [1.807, 2.05) is 36.4 Å². The maximum atomic E-state index is 4.72. The molecule has 1 atom stereocenters. The molecule has 0 bridgehead atoms. The number of aromatic nitrogens is 2. The first-order valence-corrected chi connectivity index (χ1v) is 7.38. The highest BCUT2D eigenvalue weighted by atomic mass is 79.9. The van der Waals surface area contributed by atoms with Crippen LogP contribution in [0.2, 0.25) is 0 Å². The molecule has 2 aromatic carbocycles. The van der Waals surface area contributed by atoms with Gasteiger partial charge in [0.05, 0.1) is 17.1 Å². The molecule has 4 heteroatoms. The lowest BCUT2D eigenvalue weighted by atomic mass is 10.2. The molecule has 1 unspecified atom stereocenters. The van der Waals surface area contributed by atoms with Gasteiger partial charge in [-0.25, -0.2) is 4.98 Å². The fraction of sp³-hybridized carbons (Fsp3) is 0.188. The monoisotopic (exact) mass is 329 g/mol. The number of hydrogen-bond donors (Lipinski definition) is 1. The van der Waals surface area contributed by atoms with Crippen LogP contribution in [0.4, 0.5) is 5.69 Å². The van der Waals surface area contributed by atoms with Crippen molar-refractivity contribution in [1.82, 2.24) is 9.55 Å². The SMILES string of the molecule is CC(Nc1ccccc1Br)c1nc2ccccc2n1C. The lowest BCUT2D eigenvalue weighted by molar-refractivity contribution is 0.733. The molecule has 0 spiro atoms. The summed E-state index contributed by atoms with van der Waals surface area (Å²) in [5.41, 5.74) is 3.26. The fourth-order valence-corrected chi connectivity index (χ4v) is 2.83. The van der Waals surface area contributed by atoms with E-state index in [4.69, 9.17) is 4.98 Å². The average molecular weight is 330 g/mol. The van der Waals surface area contributed by atoms with Crippen LogP contribution in [0.5, 0.6) is 0 Å². The van der Waals surface area contributed by atoms with Crippen molar-refractivity contribution >= 4 is 32.7 Å². The standard InChI is InChI=1S/C16H16BrN3/c1-11(18-13-8-4-3-7-12(13)17)16-19-14-9-5-6-10-15(14)20(16)2/h3-11,18H,1-2H3. The minimum atomic E-state index is 0.131. The molecular weight excluding hydrogens is 314 g/mol. The van der Waals surface area contributed by atoms with Crippen LogP contribution in [0.1, 0.15) is 18.8 Å². The van der Waals surface area contributed by atoms with Gasteiger partial charge in [-0.3, -0.25) is 0 Å². The Balaban J connectivity index is 1.95. The number of anilines is 1. The van der Waals surface area contributed by atoms with Gasteiger partial charge in [-0.1, -0.05) is 24.3 Å². The van der Waals surface area contributed by atoms with Gasteiger partial charge in [-0.15, -0.1) is 0 Å². The first-order valence-electron chi connectivity index (χ1n) is 6.59. The number of benzene rings is 2. The first-order chi connectivity index (χ1) is 9.66. The van der Waals surface area contributed by atoms with Crippen LogP contribution in [0, 0.1) is 0 Å². The maximum Gasteiger partial charge on any atom is 0.131 e. The number of imidazole rings is 1. The predicted octanol–water partition coefficient (Wildman–Crippen LogP) is 4.51. The van der Waals surface area contributed by atoms with Crippen LogP contribution >= 0.6 is 15.9 Å². The molecule has 0 amide bonds. The minimum Gasteiger partial charge on any atom is -0.374 e. The Hall–Kier alpha value is -1.81. The molecular formula is C16H16BrN3. The summed E-state index contributed by atoms with van der Waals surface area (Å²) in [4.78, 5) is 4.72. The molecule has 0 fully saturated rings. The quantitative estimate of drug-likeness (QED) is 0.766. The molecule has 0 aliphatic rings. The van der Waals surface area contributed by atoms with Gasteiger partial charge in [-0.05, 0) is 47.1 Å². The Morgan fingerprint density at radius 1 is 1.10 bits per heavy atom. The molecule has 102 valence electrons. The number of aryl methyl sites for hydroxylation is 1.